The number of carbonyl (C=O) groups is 4. The molecule has 232 valence electrons. The van der Waals surface area contributed by atoms with E-state index < -0.39 is 24.0 Å². The Morgan fingerprint density at radius 2 is 1.57 bits per heavy atom. The minimum atomic E-state index is -0.947. The van der Waals surface area contributed by atoms with Crippen LogP contribution in [-0.2, 0) is 20.7 Å². The van der Waals surface area contributed by atoms with E-state index in [4.69, 9.17) is 9.47 Å². The van der Waals surface area contributed by atoms with Gasteiger partial charge in [-0.3, -0.25) is 9.59 Å². The highest BCUT2D eigenvalue weighted by Crippen LogP contribution is 2.19. The summed E-state index contributed by atoms with van der Waals surface area (Å²) in [5.41, 5.74) is 1.95. The Bertz CT molecular complexity index is 1460. The van der Waals surface area contributed by atoms with Crippen molar-refractivity contribution < 1.29 is 28.7 Å². The number of ether oxygens (including phenoxy) is 2. The molecule has 0 unspecified atom stereocenters. The Hall–Kier alpha value is -5.00. The van der Waals surface area contributed by atoms with Crippen molar-refractivity contribution in [2.75, 3.05) is 45.2 Å². The molecule has 2 aromatic carbocycles. The van der Waals surface area contributed by atoms with E-state index >= 15 is 0 Å². The fourth-order valence-electron chi connectivity index (χ4n) is 4.76. The number of nitrogens with zero attached hydrogens (tertiary/aromatic N) is 4. The second-order valence-electron chi connectivity index (χ2n) is 10.6. The molecule has 2 N–H and O–H groups in total. The Balaban J connectivity index is 1.59. The number of methoxy groups -OCH3 is 1. The molecule has 0 radical (unpaired) electrons. The van der Waals surface area contributed by atoms with Crippen LogP contribution in [-0.4, -0.2) is 95.6 Å². The van der Waals surface area contributed by atoms with Crippen molar-refractivity contribution in [2.24, 2.45) is 0 Å². The van der Waals surface area contributed by atoms with Gasteiger partial charge in [0.15, 0.2) is 5.82 Å². The lowest BCUT2D eigenvalue weighted by atomic mass is 10.0. The Labute approximate surface area is 256 Å². The maximum absolute atomic E-state index is 13.9. The number of nitrogens with one attached hydrogen (secondary N) is 2. The number of hydrogen-bond donors (Lipinski definition) is 2. The number of piperazine rings is 1. The maximum atomic E-state index is 13.9. The van der Waals surface area contributed by atoms with Crippen LogP contribution in [0.5, 0.6) is 0 Å². The molecule has 3 amide bonds. The van der Waals surface area contributed by atoms with Crippen LogP contribution >= 0.6 is 0 Å². The number of benzene rings is 2. The smallest absolute Gasteiger partial charge is 0.409 e. The van der Waals surface area contributed by atoms with E-state index in [2.05, 4.69) is 20.6 Å². The number of hydrogen-bond acceptors (Lipinski definition) is 9. The molecule has 0 aliphatic carbocycles. The van der Waals surface area contributed by atoms with E-state index in [1.54, 1.807) is 47.1 Å². The Morgan fingerprint density at radius 1 is 0.909 bits per heavy atom. The van der Waals surface area contributed by atoms with Crippen molar-refractivity contribution in [1.29, 1.82) is 0 Å². The van der Waals surface area contributed by atoms with Gasteiger partial charge in [-0.2, -0.15) is 0 Å². The summed E-state index contributed by atoms with van der Waals surface area (Å²) in [4.78, 5) is 64.0. The first kappa shape index (κ1) is 31.9. The molecule has 44 heavy (non-hydrogen) atoms. The van der Waals surface area contributed by atoms with E-state index in [9.17, 15) is 19.2 Å². The van der Waals surface area contributed by atoms with Gasteiger partial charge >= 0.3 is 12.1 Å². The van der Waals surface area contributed by atoms with Gasteiger partial charge in [-0.05, 0) is 38.5 Å². The SMILES string of the molecule is CCOC(=O)N1CCN(C(=O)[C@H](Cc2ccc(C(=O)OC)cc2)NC(=O)c2cc(NC(C)C)nc(-c3ccccc3)n2)CC1. The van der Waals surface area contributed by atoms with Gasteiger partial charge in [0.2, 0.25) is 5.91 Å². The van der Waals surface area contributed by atoms with Gasteiger partial charge in [-0.15, -0.1) is 0 Å². The molecular weight excluding hydrogens is 564 g/mol. The summed E-state index contributed by atoms with van der Waals surface area (Å²) >= 11 is 0. The zero-order valence-electron chi connectivity index (χ0n) is 25.4. The van der Waals surface area contributed by atoms with Crippen LogP contribution < -0.4 is 10.6 Å². The second-order valence-corrected chi connectivity index (χ2v) is 10.6. The third-order valence-corrected chi connectivity index (χ3v) is 6.96. The Kier molecular flexibility index (Phi) is 10.8. The van der Waals surface area contributed by atoms with E-state index in [0.29, 0.717) is 43.4 Å². The van der Waals surface area contributed by atoms with Crippen molar-refractivity contribution in [1.82, 2.24) is 25.1 Å². The number of anilines is 1. The van der Waals surface area contributed by atoms with Crippen LogP contribution in [0.15, 0.2) is 60.7 Å². The first-order chi connectivity index (χ1) is 21.2. The fourth-order valence-corrected chi connectivity index (χ4v) is 4.76. The average molecular weight is 603 g/mol. The zero-order valence-corrected chi connectivity index (χ0v) is 25.4. The van der Waals surface area contributed by atoms with Crippen LogP contribution in [0, 0.1) is 0 Å². The molecule has 0 spiro atoms. The van der Waals surface area contributed by atoms with Crippen LogP contribution in [0.1, 0.15) is 47.2 Å². The van der Waals surface area contributed by atoms with Gasteiger partial charge in [0.25, 0.3) is 5.91 Å². The lowest BCUT2D eigenvalue weighted by Gasteiger charge is -2.36. The maximum Gasteiger partial charge on any atom is 0.409 e. The molecule has 2 heterocycles. The number of carbonyl (C=O) groups excluding carboxylic acids is 4. The predicted octanol–water partition coefficient (Wildman–Crippen LogP) is 3.39. The second kappa shape index (κ2) is 14.9. The minimum Gasteiger partial charge on any atom is -0.465 e. The molecule has 3 aromatic rings. The molecule has 1 aliphatic rings. The zero-order chi connectivity index (χ0) is 31.6. The van der Waals surface area contributed by atoms with Gasteiger partial charge in [-0.1, -0.05) is 42.5 Å². The monoisotopic (exact) mass is 602 g/mol. The van der Waals surface area contributed by atoms with Gasteiger partial charge < -0.3 is 29.9 Å². The lowest BCUT2D eigenvalue weighted by molar-refractivity contribution is -0.134. The largest absolute Gasteiger partial charge is 0.465 e. The highest BCUT2D eigenvalue weighted by Gasteiger charge is 2.31. The van der Waals surface area contributed by atoms with Gasteiger partial charge in [-0.25, -0.2) is 19.6 Å². The first-order valence-electron chi connectivity index (χ1n) is 14.6. The van der Waals surface area contributed by atoms with Crippen molar-refractivity contribution in [3.8, 4) is 11.4 Å². The number of rotatable bonds is 10. The summed E-state index contributed by atoms with van der Waals surface area (Å²) < 4.78 is 9.87. The summed E-state index contributed by atoms with van der Waals surface area (Å²) in [6.07, 6.45) is -0.253. The number of esters is 1. The normalized spacial score (nSPS) is 13.7. The third kappa shape index (κ3) is 8.30. The third-order valence-electron chi connectivity index (χ3n) is 6.96. The molecule has 0 saturated carbocycles. The van der Waals surface area contributed by atoms with Crippen LogP contribution in [0.2, 0.25) is 0 Å². The molecular formula is C32H38N6O6. The first-order valence-corrected chi connectivity index (χ1v) is 14.6. The van der Waals surface area contributed by atoms with E-state index in [1.807, 2.05) is 44.2 Å². The standard InChI is InChI=1S/C32H38N6O6/c1-5-44-32(42)38-17-15-37(16-18-38)30(40)26(19-22-11-13-24(14-12-22)31(41)43-4)35-29(39)25-20-27(33-21(2)3)36-28(34-25)23-9-7-6-8-10-23/h6-14,20-21,26H,5,15-19H2,1-4H3,(H,35,39)(H,33,34,36)/t26-/m0/s1. The van der Waals surface area contributed by atoms with Crippen molar-refractivity contribution >= 4 is 29.7 Å². The van der Waals surface area contributed by atoms with Crippen molar-refractivity contribution in [2.45, 2.75) is 39.3 Å². The lowest BCUT2D eigenvalue weighted by Crippen LogP contribution is -2.56. The molecule has 12 nitrogen and oxygen atoms in total. The molecule has 12 heteroatoms. The summed E-state index contributed by atoms with van der Waals surface area (Å²) in [7, 11) is 1.31. The number of amides is 3. The van der Waals surface area contributed by atoms with E-state index in [1.165, 1.54) is 7.11 Å². The quantitative estimate of drug-likeness (QED) is 0.334. The van der Waals surface area contributed by atoms with E-state index in [-0.39, 0.29) is 30.7 Å². The van der Waals surface area contributed by atoms with Crippen LogP contribution in [0.3, 0.4) is 0 Å². The average Bonchev–Trinajstić information content (AvgIpc) is 3.04. The van der Waals surface area contributed by atoms with Crippen LogP contribution in [0.25, 0.3) is 11.4 Å². The van der Waals surface area contributed by atoms with Crippen molar-refractivity contribution in [3.05, 3.63) is 77.5 Å². The molecule has 1 aliphatic heterocycles. The fraction of sp³-hybridized carbons (Fsp3) is 0.375. The summed E-state index contributed by atoms with van der Waals surface area (Å²) in [6, 6.07) is 16.7. The number of aromatic nitrogens is 2. The predicted molar refractivity (Wildman–Crippen MR) is 164 cm³/mol. The minimum absolute atomic E-state index is 0.0556. The highest BCUT2D eigenvalue weighted by atomic mass is 16.6. The summed E-state index contributed by atoms with van der Waals surface area (Å²) in [6.45, 7) is 7.15. The van der Waals surface area contributed by atoms with Gasteiger partial charge in [0, 0.05) is 50.3 Å². The van der Waals surface area contributed by atoms with Crippen molar-refractivity contribution in [3.63, 3.8) is 0 Å². The topological polar surface area (TPSA) is 143 Å². The molecule has 1 fully saturated rings. The Morgan fingerprint density at radius 3 is 2.18 bits per heavy atom. The van der Waals surface area contributed by atoms with E-state index in [0.717, 1.165) is 11.1 Å². The molecule has 1 aromatic heterocycles. The molecule has 4 rings (SSSR count). The molecule has 1 atom stereocenters. The van der Waals surface area contributed by atoms with Gasteiger partial charge in [0.05, 0.1) is 19.3 Å². The highest BCUT2D eigenvalue weighted by molar-refractivity contribution is 5.97. The van der Waals surface area contributed by atoms with Crippen LogP contribution in [0.4, 0.5) is 10.6 Å². The summed E-state index contributed by atoms with van der Waals surface area (Å²) in [5, 5.41) is 6.13. The van der Waals surface area contributed by atoms with Gasteiger partial charge in [0.1, 0.15) is 17.6 Å². The molecule has 0 bridgehead atoms. The molecule has 1 saturated heterocycles. The summed E-state index contributed by atoms with van der Waals surface area (Å²) in [5.74, 6) is -0.447.